The van der Waals surface area contributed by atoms with Crippen LogP contribution in [-0.4, -0.2) is 4.98 Å². The first-order valence-electron chi connectivity index (χ1n) is 5.94. The minimum atomic E-state index is -0.325. The van der Waals surface area contributed by atoms with Crippen LogP contribution in [0.4, 0.5) is 4.39 Å². The van der Waals surface area contributed by atoms with Crippen LogP contribution in [0, 0.1) is 12.7 Å². The number of hydrogen-bond donors (Lipinski definition) is 2. The highest BCUT2D eigenvalue weighted by Crippen LogP contribution is 2.26. The number of pyridine rings is 1. The molecule has 1 atom stereocenters. The van der Waals surface area contributed by atoms with Crippen molar-refractivity contribution < 1.29 is 4.39 Å². The fourth-order valence-electron chi connectivity index (χ4n) is 2.06. The summed E-state index contributed by atoms with van der Waals surface area (Å²) < 4.78 is 13.8. The summed E-state index contributed by atoms with van der Waals surface area (Å²) in [6, 6.07) is 8.16. The number of nitrogens with one attached hydrogen (secondary N) is 1. The van der Waals surface area contributed by atoms with E-state index in [1.807, 2.05) is 19.1 Å². The molecule has 0 amide bonds. The summed E-state index contributed by atoms with van der Waals surface area (Å²) in [4.78, 5) is 4.21. The predicted molar refractivity (Wildman–Crippen MR) is 74.2 cm³/mol. The Balaban J connectivity index is 2.32. The third-order valence-corrected chi connectivity index (χ3v) is 3.45. The fourth-order valence-corrected chi connectivity index (χ4v) is 2.30. The highest BCUT2D eigenvalue weighted by Gasteiger charge is 2.17. The van der Waals surface area contributed by atoms with Crippen molar-refractivity contribution in [1.29, 1.82) is 0 Å². The van der Waals surface area contributed by atoms with Crippen molar-refractivity contribution in [2.75, 3.05) is 0 Å². The van der Waals surface area contributed by atoms with Gasteiger partial charge in [-0.2, -0.15) is 0 Å². The van der Waals surface area contributed by atoms with Gasteiger partial charge in [-0.25, -0.2) is 4.39 Å². The van der Waals surface area contributed by atoms with Crippen LogP contribution in [0.25, 0.3) is 0 Å². The van der Waals surface area contributed by atoms with E-state index >= 15 is 0 Å². The third kappa shape index (κ3) is 3.10. The number of hydrazine groups is 1. The SMILES string of the molecule is Cc1ncccc1C(Cc1c(F)cccc1Cl)NN. The lowest BCUT2D eigenvalue weighted by Gasteiger charge is -2.19. The normalized spacial score (nSPS) is 12.4. The average molecular weight is 280 g/mol. The Morgan fingerprint density at radius 2 is 2.16 bits per heavy atom. The van der Waals surface area contributed by atoms with Crippen molar-refractivity contribution in [1.82, 2.24) is 10.4 Å². The maximum absolute atomic E-state index is 13.8. The zero-order valence-corrected chi connectivity index (χ0v) is 11.3. The van der Waals surface area contributed by atoms with Gasteiger partial charge in [-0.05, 0) is 37.1 Å². The monoisotopic (exact) mass is 279 g/mol. The summed E-state index contributed by atoms with van der Waals surface area (Å²) in [6.45, 7) is 1.89. The van der Waals surface area contributed by atoms with Crippen molar-refractivity contribution in [3.05, 3.63) is 64.2 Å². The van der Waals surface area contributed by atoms with Gasteiger partial charge in [0.05, 0.1) is 6.04 Å². The molecular weight excluding hydrogens is 265 g/mol. The van der Waals surface area contributed by atoms with Crippen molar-refractivity contribution >= 4 is 11.6 Å². The Morgan fingerprint density at radius 3 is 2.79 bits per heavy atom. The standard InChI is InChI=1S/C14H15ClFN3/c1-9-10(4-3-7-18-9)14(19-17)8-11-12(15)5-2-6-13(11)16/h2-7,14,19H,8,17H2,1H3. The van der Waals surface area contributed by atoms with Gasteiger partial charge in [-0.3, -0.25) is 16.3 Å². The van der Waals surface area contributed by atoms with Gasteiger partial charge >= 0.3 is 0 Å². The molecule has 2 rings (SSSR count). The molecule has 0 aliphatic carbocycles. The molecule has 1 aromatic heterocycles. The summed E-state index contributed by atoms with van der Waals surface area (Å²) in [7, 11) is 0. The number of rotatable bonds is 4. The van der Waals surface area contributed by atoms with E-state index < -0.39 is 0 Å². The van der Waals surface area contributed by atoms with E-state index in [0.717, 1.165) is 11.3 Å². The maximum Gasteiger partial charge on any atom is 0.127 e. The van der Waals surface area contributed by atoms with Crippen molar-refractivity contribution in [2.45, 2.75) is 19.4 Å². The van der Waals surface area contributed by atoms with E-state index in [9.17, 15) is 4.39 Å². The van der Waals surface area contributed by atoms with Gasteiger partial charge in [0, 0.05) is 22.5 Å². The predicted octanol–water partition coefficient (Wildman–Crippen LogP) is 2.93. The molecule has 19 heavy (non-hydrogen) atoms. The first-order chi connectivity index (χ1) is 9.13. The molecule has 0 spiro atoms. The molecule has 0 radical (unpaired) electrons. The summed E-state index contributed by atoms with van der Waals surface area (Å²) in [5.41, 5.74) is 4.94. The molecular formula is C14H15ClFN3. The molecule has 0 saturated carbocycles. The smallest absolute Gasteiger partial charge is 0.127 e. The van der Waals surface area contributed by atoms with Gasteiger partial charge < -0.3 is 0 Å². The maximum atomic E-state index is 13.8. The molecule has 1 unspecified atom stereocenters. The number of hydrogen-bond acceptors (Lipinski definition) is 3. The van der Waals surface area contributed by atoms with Crippen molar-refractivity contribution in [3.63, 3.8) is 0 Å². The van der Waals surface area contributed by atoms with E-state index in [4.69, 9.17) is 17.4 Å². The number of halogens is 2. The van der Waals surface area contributed by atoms with Crippen LogP contribution >= 0.6 is 11.6 Å². The van der Waals surface area contributed by atoms with Gasteiger partial charge in [0.25, 0.3) is 0 Å². The number of nitrogens with two attached hydrogens (primary N) is 1. The number of benzene rings is 1. The summed E-state index contributed by atoms with van der Waals surface area (Å²) in [5, 5.41) is 0.404. The summed E-state index contributed by atoms with van der Waals surface area (Å²) in [5.74, 6) is 5.25. The van der Waals surface area contributed by atoms with Gasteiger partial charge in [0.1, 0.15) is 5.82 Å². The largest absolute Gasteiger partial charge is 0.271 e. The zero-order valence-electron chi connectivity index (χ0n) is 10.5. The molecule has 0 aliphatic rings. The van der Waals surface area contributed by atoms with Crippen LogP contribution < -0.4 is 11.3 Å². The summed E-state index contributed by atoms with van der Waals surface area (Å²) >= 11 is 6.03. The molecule has 2 aromatic rings. The number of nitrogens with zero attached hydrogens (tertiary/aromatic N) is 1. The lowest BCUT2D eigenvalue weighted by molar-refractivity contribution is 0.525. The quantitative estimate of drug-likeness (QED) is 0.668. The lowest BCUT2D eigenvalue weighted by atomic mass is 9.98. The Morgan fingerprint density at radius 1 is 1.37 bits per heavy atom. The van der Waals surface area contributed by atoms with E-state index in [1.54, 1.807) is 18.3 Å². The Labute approximate surface area is 116 Å². The van der Waals surface area contributed by atoms with E-state index in [1.165, 1.54) is 6.07 Å². The number of aryl methyl sites for hydroxylation is 1. The molecule has 0 aliphatic heterocycles. The molecule has 100 valence electrons. The van der Waals surface area contributed by atoms with Crippen LogP contribution in [0.2, 0.25) is 5.02 Å². The van der Waals surface area contributed by atoms with Crippen molar-refractivity contribution in [2.24, 2.45) is 5.84 Å². The zero-order chi connectivity index (χ0) is 13.8. The molecule has 3 N–H and O–H groups in total. The second kappa shape index (κ2) is 6.10. The Kier molecular flexibility index (Phi) is 4.47. The Bertz CT molecular complexity index is 554. The van der Waals surface area contributed by atoms with E-state index in [2.05, 4.69) is 10.4 Å². The third-order valence-electron chi connectivity index (χ3n) is 3.09. The topological polar surface area (TPSA) is 50.9 Å². The molecule has 0 bridgehead atoms. The molecule has 3 nitrogen and oxygen atoms in total. The second-order valence-electron chi connectivity index (χ2n) is 4.30. The molecule has 1 aromatic carbocycles. The van der Waals surface area contributed by atoms with Gasteiger partial charge in [0.15, 0.2) is 0 Å². The molecule has 0 saturated heterocycles. The fraction of sp³-hybridized carbons (Fsp3) is 0.214. The minimum Gasteiger partial charge on any atom is -0.271 e. The highest BCUT2D eigenvalue weighted by molar-refractivity contribution is 6.31. The van der Waals surface area contributed by atoms with Gasteiger partial charge in [0.2, 0.25) is 0 Å². The first-order valence-corrected chi connectivity index (χ1v) is 6.31. The van der Waals surface area contributed by atoms with Gasteiger partial charge in [-0.1, -0.05) is 23.7 Å². The number of aromatic nitrogens is 1. The second-order valence-corrected chi connectivity index (χ2v) is 4.71. The van der Waals surface area contributed by atoms with Crippen molar-refractivity contribution in [3.8, 4) is 0 Å². The van der Waals surface area contributed by atoms with Crippen LogP contribution in [0.15, 0.2) is 36.5 Å². The first kappa shape index (κ1) is 13.9. The van der Waals surface area contributed by atoms with Gasteiger partial charge in [-0.15, -0.1) is 0 Å². The molecule has 5 heteroatoms. The van der Waals surface area contributed by atoms with E-state index in [-0.39, 0.29) is 11.9 Å². The van der Waals surface area contributed by atoms with Crippen LogP contribution in [0.3, 0.4) is 0 Å². The minimum absolute atomic E-state index is 0.233. The van der Waals surface area contributed by atoms with Crippen LogP contribution in [0.1, 0.15) is 22.9 Å². The molecule has 1 heterocycles. The lowest BCUT2D eigenvalue weighted by Crippen LogP contribution is -2.30. The van der Waals surface area contributed by atoms with E-state index in [0.29, 0.717) is 17.0 Å². The average Bonchev–Trinajstić information content (AvgIpc) is 2.40. The Hall–Kier alpha value is -1.49. The molecule has 0 fully saturated rings. The van der Waals surface area contributed by atoms with Crippen LogP contribution in [0.5, 0.6) is 0 Å². The highest BCUT2D eigenvalue weighted by atomic mass is 35.5. The van der Waals surface area contributed by atoms with Crippen LogP contribution in [-0.2, 0) is 6.42 Å². The summed E-state index contributed by atoms with van der Waals surface area (Å²) in [6.07, 6.45) is 2.08.